The lowest BCUT2D eigenvalue weighted by atomic mass is 9.79. The number of nitrogens with zero attached hydrogens (tertiary/aromatic N) is 15. The molecule has 0 N–H and O–H groups in total. The second kappa shape index (κ2) is 51.3. The third kappa shape index (κ3) is 27.9. The van der Waals surface area contributed by atoms with Gasteiger partial charge in [-0.05, 0) is 280 Å². The molecular formula is C128H119N15O5. The van der Waals surface area contributed by atoms with Crippen LogP contribution >= 0.6 is 0 Å². The summed E-state index contributed by atoms with van der Waals surface area (Å²) >= 11 is 0. The summed E-state index contributed by atoms with van der Waals surface area (Å²) < 4.78 is 31.1. The van der Waals surface area contributed by atoms with Crippen molar-refractivity contribution in [3.05, 3.63) is 496 Å². The van der Waals surface area contributed by atoms with Crippen LogP contribution in [0.5, 0.6) is 0 Å². The van der Waals surface area contributed by atoms with Crippen LogP contribution in [0.2, 0.25) is 0 Å². The zero-order valence-corrected chi connectivity index (χ0v) is 84.3. The Morgan fingerprint density at radius 2 is 0.554 bits per heavy atom. The molecule has 20 heteroatoms. The summed E-state index contributed by atoms with van der Waals surface area (Å²) in [6.07, 6.45) is 43.6. The van der Waals surface area contributed by atoms with Gasteiger partial charge in [0.2, 0.25) is 0 Å². The summed E-state index contributed by atoms with van der Waals surface area (Å²) in [5.74, 6) is 3.28. The SMILES string of the molecule is [C-]#[N+]/C(C#N)=C1C=C(/C=C/c2ccc(N3CCCC3)cc2)OC(C)(C)C\1.[C-]#[N+]/C(C#N)=C1C=C(/C=C/c2ccc(N3CCCC3)cc2)OC(C)(c2ccccc2)C\1.[C-]#[N+]/C(C#N)=C1C=C(/C=C/c2ccc(N3CCCC3)cc2)OC(C)C\1.[C-]#[N+]/C(C#N)=C1C=C(/C=C/c2ccc(N3CCCC3)cc2)OC(c2ccccc2)(c2ccccc2)C\1.[C-]#[N+]/C(C#N)=C1C=C(/C=C/c2ccc(N3CCCC3)cc2)OC(c2ccccc2)C\1. The number of anilines is 5. The molecule has 3 unspecified atom stereocenters. The van der Waals surface area contributed by atoms with E-state index in [1.807, 2.05) is 252 Å². The maximum Gasteiger partial charge on any atom is 0.265 e. The molecule has 5 fully saturated rings. The Labute approximate surface area is 872 Å². The van der Waals surface area contributed by atoms with Gasteiger partial charge in [0.1, 0.15) is 46.1 Å². The highest BCUT2D eigenvalue weighted by molar-refractivity contribution is 5.66. The van der Waals surface area contributed by atoms with Crippen LogP contribution in [0.25, 0.3) is 54.6 Å². The summed E-state index contributed by atoms with van der Waals surface area (Å²) in [4.78, 5) is 29.1. The van der Waals surface area contributed by atoms with Crippen molar-refractivity contribution in [1.29, 1.82) is 26.3 Å². The van der Waals surface area contributed by atoms with E-state index in [4.69, 9.17) is 67.1 Å². The van der Waals surface area contributed by atoms with Crippen molar-refractivity contribution in [3.63, 3.8) is 0 Å². The average Bonchev–Trinajstić information content (AvgIpc) is 0.887. The van der Waals surface area contributed by atoms with Crippen molar-refractivity contribution in [3.8, 4) is 30.3 Å². The Kier molecular flexibility index (Phi) is 36.1. The molecule has 5 saturated heterocycles. The standard InChI is InChI=1S/C32H27N3O.C27H25N3O.C26H23N3O.C22H23N3O.C21H21N3O/c1-34-31(24-33)26-22-30(19-16-25-14-17-29(18-15-25)35-20-8-9-21-35)36-32(23-26,27-10-4-2-5-11-27)28-12-6-3-7-13-28;1-27(23-8-4-3-5-9-23)19-22(26(20-28)29-2)18-25(31-27)15-12-21-10-13-24(14-11-21)30-16-6-7-17-30;1-28-25(19-27)22-17-24(30-26(18-22)21-7-3-2-4-8-21)14-11-20-9-12-23(13-10-20)29-15-5-6-16-29;1-22(2)15-18(21(16-23)24-3)14-20(26-22)11-8-17-6-9-19(10-7-17)25-12-4-5-13-25;1-16-13-18(21(15-22)23-2)14-20(25-16)10-7-17-5-8-19(9-6-17)24-11-3-4-12-24/h2-7,10-19,22H,8-9,20-21,23H2;3-5,8-15,18H,6-7,16-17,19H2,1H3;2-4,7-14,17,26H,5-6,15-16,18H2;6-11,14H,4-5,12-13,15H2,1-2H3;5-10,14,16H,3-4,11-13H2,1H3/b19-16+,31-26+;15-12+,26-22+;14-11+,25-22+;11-8+,21-18+;10-7+,21-18-. The van der Waals surface area contributed by atoms with E-state index in [-0.39, 0.29) is 40.7 Å². The lowest BCUT2D eigenvalue weighted by molar-refractivity contribution is 0.0143. The first-order chi connectivity index (χ1) is 72.3. The van der Waals surface area contributed by atoms with Crippen LogP contribution in [0.1, 0.15) is 180 Å². The largest absolute Gasteiger partial charge is 0.490 e. The number of nitriles is 5. The first kappa shape index (κ1) is 104. The molecule has 736 valence electrons. The molecule has 9 aromatic carbocycles. The summed E-state index contributed by atoms with van der Waals surface area (Å²) in [6.45, 7) is 55.8. The number of ether oxygens (including phenoxy) is 5. The van der Waals surface area contributed by atoms with Crippen molar-refractivity contribution in [2.24, 2.45) is 0 Å². The molecule has 0 radical (unpaired) electrons. The van der Waals surface area contributed by atoms with Gasteiger partial charge in [-0.25, -0.2) is 50.5 Å². The van der Waals surface area contributed by atoms with E-state index in [1.54, 1.807) is 12.2 Å². The Hall–Kier alpha value is -18.0. The van der Waals surface area contributed by atoms with E-state index in [1.165, 1.54) is 92.6 Å². The smallest absolute Gasteiger partial charge is 0.265 e. The molecule has 0 aromatic heterocycles. The van der Waals surface area contributed by atoms with E-state index >= 15 is 0 Å². The fourth-order valence-electron chi connectivity index (χ4n) is 19.8. The fourth-order valence-corrected chi connectivity index (χ4v) is 19.8. The molecular weight excluding hydrogens is 1830 g/mol. The van der Waals surface area contributed by atoms with Gasteiger partial charge in [0, 0.05) is 137 Å². The minimum atomic E-state index is -0.849. The molecule has 10 aliphatic rings. The summed E-state index contributed by atoms with van der Waals surface area (Å²) in [6, 6.07) is 92.7. The monoisotopic (exact) mass is 1950 g/mol. The van der Waals surface area contributed by atoms with Crippen molar-refractivity contribution in [2.75, 3.05) is 89.9 Å². The van der Waals surface area contributed by atoms with Crippen molar-refractivity contribution >= 4 is 58.8 Å². The molecule has 3 atom stereocenters. The molecule has 0 saturated carbocycles. The number of rotatable bonds is 19. The fraction of sp³-hybridized carbons (Fsp3) is 0.266. The first-order valence-corrected chi connectivity index (χ1v) is 50.7. The summed E-state index contributed by atoms with van der Waals surface area (Å²) in [5, 5.41) is 46.6. The van der Waals surface area contributed by atoms with Crippen LogP contribution in [-0.4, -0.2) is 77.2 Å². The molecule has 0 spiro atoms. The predicted octanol–water partition coefficient (Wildman–Crippen LogP) is 29.3. The van der Waals surface area contributed by atoms with Gasteiger partial charge >= 0.3 is 0 Å². The number of allylic oxidation sites excluding steroid dienone is 15. The van der Waals surface area contributed by atoms with Crippen molar-refractivity contribution in [1.82, 2.24) is 0 Å². The highest BCUT2D eigenvalue weighted by Crippen LogP contribution is 2.48. The molecule has 9 aromatic rings. The van der Waals surface area contributed by atoms with Gasteiger partial charge in [-0.15, -0.1) is 0 Å². The number of benzene rings is 9. The highest BCUT2D eigenvalue weighted by atomic mass is 16.5. The second-order valence-corrected chi connectivity index (χ2v) is 38.4. The number of hydrogen-bond acceptors (Lipinski definition) is 15. The normalized spacial score (nSPS) is 20.6. The molecule has 0 amide bonds. The molecule has 0 bridgehead atoms. The Morgan fingerprint density at radius 1 is 0.291 bits per heavy atom. The number of hydrogen-bond donors (Lipinski definition) is 0. The van der Waals surface area contributed by atoms with Gasteiger partial charge < -0.3 is 48.2 Å². The Balaban J connectivity index is 0.000000139. The maximum absolute atomic E-state index is 9.69. The lowest BCUT2D eigenvalue weighted by Crippen LogP contribution is -2.34. The van der Waals surface area contributed by atoms with E-state index in [0.29, 0.717) is 72.0 Å². The van der Waals surface area contributed by atoms with Gasteiger partial charge in [-0.3, -0.25) is 0 Å². The zero-order valence-electron chi connectivity index (χ0n) is 84.3. The van der Waals surface area contributed by atoms with E-state index in [9.17, 15) is 15.8 Å². The molecule has 20 nitrogen and oxygen atoms in total. The molecule has 10 aliphatic heterocycles. The average molecular weight is 1950 g/mol. The zero-order chi connectivity index (χ0) is 103. The van der Waals surface area contributed by atoms with Crippen LogP contribution in [0, 0.1) is 89.5 Å². The van der Waals surface area contributed by atoms with Gasteiger partial charge in [-0.2, -0.15) is 0 Å². The molecule has 0 aliphatic carbocycles. The first-order valence-electron chi connectivity index (χ1n) is 50.7. The molecule has 148 heavy (non-hydrogen) atoms. The van der Waals surface area contributed by atoms with Crippen LogP contribution in [0.4, 0.5) is 28.4 Å². The minimum absolute atomic E-state index is 0.0395. The minimum Gasteiger partial charge on any atom is -0.490 e. The molecule has 19 rings (SSSR count). The summed E-state index contributed by atoms with van der Waals surface area (Å²) in [7, 11) is 0. The van der Waals surface area contributed by atoms with E-state index in [0.717, 1.165) is 132 Å². The van der Waals surface area contributed by atoms with Crippen molar-refractivity contribution < 1.29 is 23.7 Å². The van der Waals surface area contributed by atoms with Crippen LogP contribution in [-0.2, 0) is 34.9 Å². The van der Waals surface area contributed by atoms with Crippen LogP contribution in [0.3, 0.4) is 0 Å². The topological polar surface area (TPSA) is 203 Å². The Bertz CT molecular complexity index is 7060. The van der Waals surface area contributed by atoms with Crippen LogP contribution in [0.15, 0.2) is 389 Å². The van der Waals surface area contributed by atoms with Crippen LogP contribution < -0.4 is 24.5 Å². The van der Waals surface area contributed by atoms with E-state index < -0.39 is 16.8 Å². The third-order valence-electron chi connectivity index (χ3n) is 27.4. The highest BCUT2D eigenvalue weighted by Gasteiger charge is 2.42. The van der Waals surface area contributed by atoms with Gasteiger partial charge in [0.05, 0.1) is 69.3 Å². The molecule has 10 heterocycles. The third-order valence-corrected chi connectivity index (χ3v) is 27.4. The summed E-state index contributed by atoms with van der Waals surface area (Å²) in [5.41, 5.74) is 18.1. The van der Waals surface area contributed by atoms with Gasteiger partial charge in [-0.1, -0.05) is 212 Å². The predicted molar refractivity (Wildman–Crippen MR) is 590 cm³/mol. The van der Waals surface area contributed by atoms with Gasteiger partial charge in [0.25, 0.3) is 28.5 Å². The lowest BCUT2D eigenvalue weighted by Gasteiger charge is -2.39. The van der Waals surface area contributed by atoms with Gasteiger partial charge in [0.15, 0.2) is 5.60 Å². The van der Waals surface area contributed by atoms with E-state index in [2.05, 4.69) is 176 Å². The Morgan fingerprint density at radius 3 is 0.878 bits per heavy atom. The second-order valence-electron chi connectivity index (χ2n) is 38.4. The maximum atomic E-state index is 9.69. The van der Waals surface area contributed by atoms with Crippen molar-refractivity contribution in [2.45, 2.75) is 153 Å². The quantitative estimate of drug-likeness (QED) is 0.0546.